The fraction of sp³-hybridized carbons (Fsp3) is 0.368. The van der Waals surface area contributed by atoms with E-state index in [1.807, 2.05) is 12.1 Å². The summed E-state index contributed by atoms with van der Waals surface area (Å²) in [6.07, 6.45) is 1.82. The highest BCUT2D eigenvalue weighted by atomic mass is 32.1. The maximum absolute atomic E-state index is 11.4. The van der Waals surface area contributed by atoms with Crippen molar-refractivity contribution in [3.8, 4) is 0 Å². The standard InChI is InChI=1S/C19H25N3O2S/c1-3-20-19(22-13-11-17-5-4-14-25-17)21-12-10-15-6-8-16(9-7-15)18(23)24-2/h4-9,14H,3,10-13H2,1-2H3,(H2,20,21,22). The predicted octanol–water partition coefficient (Wildman–Crippen LogP) is 2.88. The van der Waals surface area contributed by atoms with Crippen LogP contribution in [0.5, 0.6) is 0 Å². The molecule has 2 N–H and O–H groups in total. The number of guanidine groups is 1. The zero-order chi connectivity index (χ0) is 17.9. The SMILES string of the molecule is CCNC(=NCCc1cccs1)NCCc1ccc(C(=O)OC)cc1. The van der Waals surface area contributed by atoms with Gasteiger partial charge in [-0.2, -0.15) is 0 Å². The zero-order valence-electron chi connectivity index (χ0n) is 14.7. The van der Waals surface area contributed by atoms with Gasteiger partial charge in [0.2, 0.25) is 0 Å². The van der Waals surface area contributed by atoms with E-state index >= 15 is 0 Å². The van der Waals surface area contributed by atoms with Gasteiger partial charge in [0, 0.05) is 30.9 Å². The van der Waals surface area contributed by atoms with Crippen LogP contribution in [-0.2, 0) is 17.6 Å². The van der Waals surface area contributed by atoms with Crippen molar-refractivity contribution in [2.45, 2.75) is 19.8 Å². The molecule has 0 bridgehead atoms. The fourth-order valence-corrected chi connectivity index (χ4v) is 3.02. The molecule has 2 rings (SSSR count). The Morgan fingerprint density at radius 1 is 1.16 bits per heavy atom. The van der Waals surface area contributed by atoms with Gasteiger partial charge in [0.05, 0.1) is 12.7 Å². The summed E-state index contributed by atoms with van der Waals surface area (Å²) in [5.41, 5.74) is 1.73. The second kappa shape index (κ2) is 10.5. The molecule has 6 heteroatoms. The van der Waals surface area contributed by atoms with Gasteiger partial charge in [0.25, 0.3) is 0 Å². The number of rotatable bonds is 8. The normalized spacial score (nSPS) is 11.2. The van der Waals surface area contributed by atoms with Gasteiger partial charge in [-0.25, -0.2) is 4.79 Å². The third kappa shape index (κ3) is 6.58. The van der Waals surface area contributed by atoms with Gasteiger partial charge in [-0.05, 0) is 42.5 Å². The van der Waals surface area contributed by atoms with Crippen LogP contribution < -0.4 is 10.6 Å². The first-order valence-corrected chi connectivity index (χ1v) is 9.32. The van der Waals surface area contributed by atoms with Crippen LogP contribution in [0, 0.1) is 0 Å². The number of hydrogen-bond donors (Lipinski definition) is 2. The van der Waals surface area contributed by atoms with E-state index in [0.29, 0.717) is 5.56 Å². The number of hydrogen-bond acceptors (Lipinski definition) is 4. The van der Waals surface area contributed by atoms with Gasteiger partial charge >= 0.3 is 5.97 Å². The summed E-state index contributed by atoms with van der Waals surface area (Å²) in [6, 6.07) is 11.7. The minimum atomic E-state index is -0.308. The van der Waals surface area contributed by atoms with Crippen LogP contribution in [-0.4, -0.2) is 38.7 Å². The van der Waals surface area contributed by atoms with Gasteiger partial charge in [0.15, 0.2) is 5.96 Å². The Balaban J connectivity index is 1.79. The second-order valence-electron chi connectivity index (χ2n) is 5.46. The largest absolute Gasteiger partial charge is 0.465 e. The average Bonchev–Trinajstić information content (AvgIpc) is 3.15. The van der Waals surface area contributed by atoms with E-state index in [9.17, 15) is 4.79 Å². The van der Waals surface area contributed by atoms with E-state index in [1.165, 1.54) is 12.0 Å². The van der Waals surface area contributed by atoms with E-state index in [-0.39, 0.29) is 5.97 Å². The predicted molar refractivity (Wildman–Crippen MR) is 103 cm³/mol. The summed E-state index contributed by atoms with van der Waals surface area (Å²) in [5, 5.41) is 8.70. The highest BCUT2D eigenvalue weighted by Crippen LogP contribution is 2.09. The Kier molecular flexibility index (Phi) is 7.98. The van der Waals surface area contributed by atoms with Crippen molar-refractivity contribution in [3.63, 3.8) is 0 Å². The van der Waals surface area contributed by atoms with Crippen molar-refractivity contribution in [2.24, 2.45) is 4.99 Å². The van der Waals surface area contributed by atoms with E-state index in [2.05, 4.69) is 40.1 Å². The second-order valence-corrected chi connectivity index (χ2v) is 6.49. The van der Waals surface area contributed by atoms with Crippen LogP contribution in [0.3, 0.4) is 0 Å². The molecule has 1 aromatic carbocycles. The maximum atomic E-state index is 11.4. The number of carbonyl (C=O) groups excluding carboxylic acids is 1. The zero-order valence-corrected chi connectivity index (χ0v) is 15.6. The number of methoxy groups -OCH3 is 1. The summed E-state index contributed by atoms with van der Waals surface area (Å²) in [5.74, 6) is 0.530. The molecule has 2 aromatic rings. The molecular formula is C19H25N3O2S. The number of benzene rings is 1. The lowest BCUT2D eigenvalue weighted by Crippen LogP contribution is -2.38. The van der Waals surface area contributed by atoms with Crippen LogP contribution in [0.4, 0.5) is 0 Å². The number of nitrogens with zero attached hydrogens (tertiary/aromatic N) is 1. The highest BCUT2D eigenvalue weighted by Gasteiger charge is 2.04. The lowest BCUT2D eigenvalue weighted by atomic mass is 10.1. The molecule has 0 aliphatic rings. The van der Waals surface area contributed by atoms with Gasteiger partial charge in [-0.3, -0.25) is 4.99 Å². The first-order chi connectivity index (χ1) is 12.2. The molecule has 25 heavy (non-hydrogen) atoms. The molecular weight excluding hydrogens is 334 g/mol. The molecule has 0 saturated heterocycles. The number of carbonyl (C=O) groups is 1. The quantitative estimate of drug-likeness (QED) is 0.432. The molecule has 1 aromatic heterocycles. The molecule has 0 unspecified atom stereocenters. The lowest BCUT2D eigenvalue weighted by molar-refractivity contribution is 0.0600. The third-order valence-electron chi connectivity index (χ3n) is 3.63. The Morgan fingerprint density at radius 2 is 1.96 bits per heavy atom. The van der Waals surface area contributed by atoms with Crippen LogP contribution in [0.1, 0.15) is 27.7 Å². The summed E-state index contributed by atoms with van der Waals surface area (Å²) in [6.45, 7) is 4.44. The molecule has 0 amide bonds. The van der Waals surface area contributed by atoms with E-state index < -0.39 is 0 Å². The van der Waals surface area contributed by atoms with Gasteiger partial charge in [-0.1, -0.05) is 18.2 Å². The Bertz CT molecular complexity index is 666. The van der Waals surface area contributed by atoms with Gasteiger partial charge in [0.1, 0.15) is 0 Å². The number of thiophene rings is 1. The minimum Gasteiger partial charge on any atom is -0.465 e. The van der Waals surface area contributed by atoms with Crippen molar-refractivity contribution in [1.29, 1.82) is 0 Å². The molecule has 5 nitrogen and oxygen atoms in total. The lowest BCUT2D eigenvalue weighted by Gasteiger charge is -2.11. The summed E-state index contributed by atoms with van der Waals surface area (Å²) in [7, 11) is 1.39. The number of aliphatic imine (C=N–C) groups is 1. The van der Waals surface area contributed by atoms with Crippen LogP contribution in [0.2, 0.25) is 0 Å². The molecule has 0 atom stereocenters. The van der Waals surface area contributed by atoms with Crippen LogP contribution in [0.25, 0.3) is 0 Å². The molecule has 0 radical (unpaired) electrons. The van der Waals surface area contributed by atoms with E-state index in [1.54, 1.807) is 23.5 Å². The van der Waals surface area contributed by atoms with Gasteiger partial charge in [-0.15, -0.1) is 11.3 Å². The van der Waals surface area contributed by atoms with Crippen molar-refractivity contribution in [3.05, 3.63) is 57.8 Å². The van der Waals surface area contributed by atoms with E-state index in [4.69, 9.17) is 4.74 Å². The van der Waals surface area contributed by atoms with Crippen molar-refractivity contribution >= 4 is 23.3 Å². The Hall–Kier alpha value is -2.34. The van der Waals surface area contributed by atoms with Gasteiger partial charge < -0.3 is 15.4 Å². The van der Waals surface area contributed by atoms with Crippen molar-refractivity contribution < 1.29 is 9.53 Å². The monoisotopic (exact) mass is 359 g/mol. The average molecular weight is 359 g/mol. The topological polar surface area (TPSA) is 62.7 Å². The smallest absolute Gasteiger partial charge is 0.337 e. The molecule has 0 fully saturated rings. The first kappa shape index (κ1) is 19.0. The highest BCUT2D eigenvalue weighted by molar-refractivity contribution is 7.09. The summed E-state index contributed by atoms with van der Waals surface area (Å²) < 4.78 is 4.71. The molecule has 0 spiro atoms. The van der Waals surface area contributed by atoms with Crippen molar-refractivity contribution in [2.75, 3.05) is 26.7 Å². The van der Waals surface area contributed by atoms with Crippen LogP contribution >= 0.6 is 11.3 Å². The molecule has 134 valence electrons. The molecule has 0 aliphatic carbocycles. The van der Waals surface area contributed by atoms with Crippen molar-refractivity contribution in [1.82, 2.24) is 10.6 Å². The molecule has 0 saturated carbocycles. The molecule has 0 aliphatic heterocycles. The summed E-state index contributed by atoms with van der Waals surface area (Å²) >= 11 is 1.76. The maximum Gasteiger partial charge on any atom is 0.337 e. The number of ether oxygens (including phenoxy) is 1. The third-order valence-corrected chi connectivity index (χ3v) is 4.57. The van der Waals surface area contributed by atoms with Crippen LogP contribution in [0.15, 0.2) is 46.8 Å². The number of nitrogens with one attached hydrogen (secondary N) is 2. The minimum absolute atomic E-state index is 0.308. The Labute approximate surface area is 153 Å². The molecule has 1 heterocycles. The number of esters is 1. The summed E-state index contributed by atoms with van der Waals surface area (Å²) in [4.78, 5) is 17.4. The fourth-order valence-electron chi connectivity index (χ4n) is 2.33. The van der Waals surface area contributed by atoms with E-state index in [0.717, 1.165) is 44.0 Å². The Morgan fingerprint density at radius 3 is 2.60 bits per heavy atom. The first-order valence-electron chi connectivity index (χ1n) is 8.44.